The number of halogens is 1. The smallest absolute Gasteiger partial charge is 0.123 e. The van der Waals surface area contributed by atoms with Crippen LogP contribution >= 0.6 is 11.6 Å². The van der Waals surface area contributed by atoms with Gasteiger partial charge in [-0.3, -0.25) is 4.90 Å². The molecule has 0 aliphatic rings. The van der Waals surface area contributed by atoms with Crippen LogP contribution in [0.3, 0.4) is 0 Å². The molecule has 0 fully saturated rings. The standard InChI is InChI=1S/C10H13ClN4/c1-15(6-2-5-12)7-9-8(11)3-4-10(13)14-9/h3-4H,2,6-7H2,1H3,(H2,13,14). The summed E-state index contributed by atoms with van der Waals surface area (Å²) in [4.78, 5) is 6.13. The summed E-state index contributed by atoms with van der Waals surface area (Å²) in [7, 11) is 1.92. The van der Waals surface area contributed by atoms with Crippen LogP contribution in [0.5, 0.6) is 0 Å². The van der Waals surface area contributed by atoms with Crippen LogP contribution in [0.15, 0.2) is 12.1 Å². The Kier molecular flexibility index (Phi) is 4.35. The van der Waals surface area contributed by atoms with E-state index in [0.29, 0.717) is 30.4 Å². The summed E-state index contributed by atoms with van der Waals surface area (Å²) in [6.45, 7) is 1.30. The number of pyridine rings is 1. The van der Waals surface area contributed by atoms with Gasteiger partial charge in [0, 0.05) is 19.5 Å². The molecular formula is C10H13ClN4. The highest BCUT2D eigenvalue weighted by Gasteiger charge is 2.06. The predicted molar refractivity (Wildman–Crippen MR) is 60.2 cm³/mol. The van der Waals surface area contributed by atoms with Crippen LogP contribution in [-0.2, 0) is 6.54 Å². The quantitative estimate of drug-likeness (QED) is 0.845. The van der Waals surface area contributed by atoms with Gasteiger partial charge in [0.05, 0.1) is 16.8 Å². The van der Waals surface area contributed by atoms with E-state index in [0.717, 1.165) is 5.69 Å². The minimum Gasteiger partial charge on any atom is -0.384 e. The van der Waals surface area contributed by atoms with Gasteiger partial charge in [-0.15, -0.1) is 0 Å². The van der Waals surface area contributed by atoms with Crippen LogP contribution in [0.25, 0.3) is 0 Å². The number of nitriles is 1. The van der Waals surface area contributed by atoms with E-state index in [1.54, 1.807) is 12.1 Å². The Balaban J connectivity index is 2.64. The lowest BCUT2D eigenvalue weighted by Crippen LogP contribution is -2.19. The van der Waals surface area contributed by atoms with E-state index in [-0.39, 0.29) is 0 Å². The number of nitrogens with two attached hydrogens (primary N) is 1. The second kappa shape index (κ2) is 5.54. The van der Waals surface area contributed by atoms with Crippen LogP contribution in [0.2, 0.25) is 5.02 Å². The minimum absolute atomic E-state index is 0.461. The normalized spacial score (nSPS) is 10.3. The molecule has 1 rings (SSSR count). The maximum absolute atomic E-state index is 8.44. The van der Waals surface area contributed by atoms with Crippen LogP contribution in [0, 0.1) is 11.3 Å². The van der Waals surface area contributed by atoms with Crippen LogP contribution < -0.4 is 5.73 Å². The van der Waals surface area contributed by atoms with Gasteiger partial charge in [0.2, 0.25) is 0 Å². The summed E-state index contributed by atoms with van der Waals surface area (Å²) in [5.74, 6) is 0.461. The Morgan fingerprint density at radius 3 is 3.00 bits per heavy atom. The van der Waals surface area contributed by atoms with Crippen LogP contribution in [0.1, 0.15) is 12.1 Å². The number of hydrogen-bond donors (Lipinski definition) is 1. The summed E-state index contributed by atoms with van der Waals surface area (Å²) in [5.41, 5.74) is 6.31. The summed E-state index contributed by atoms with van der Waals surface area (Å²) in [6, 6.07) is 5.49. The van der Waals surface area contributed by atoms with E-state index in [2.05, 4.69) is 11.1 Å². The van der Waals surface area contributed by atoms with Crippen molar-refractivity contribution in [1.82, 2.24) is 9.88 Å². The zero-order valence-corrected chi connectivity index (χ0v) is 9.33. The fourth-order valence-electron chi connectivity index (χ4n) is 1.19. The van der Waals surface area contributed by atoms with Crippen molar-refractivity contribution in [2.24, 2.45) is 0 Å². The molecule has 0 saturated heterocycles. The Hall–Kier alpha value is -1.31. The highest BCUT2D eigenvalue weighted by molar-refractivity contribution is 6.31. The summed E-state index contributed by atoms with van der Waals surface area (Å²) in [5, 5.41) is 9.05. The van der Waals surface area contributed by atoms with Gasteiger partial charge in [-0.2, -0.15) is 5.26 Å². The van der Waals surface area contributed by atoms with E-state index in [4.69, 9.17) is 22.6 Å². The lowest BCUT2D eigenvalue weighted by atomic mass is 10.3. The van der Waals surface area contributed by atoms with Gasteiger partial charge in [0.15, 0.2) is 0 Å². The topological polar surface area (TPSA) is 65.9 Å². The van der Waals surface area contributed by atoms with Crippen molar-refractivity contribution in [3.8, 4) is 6.07 Å². The molecule has 0 amide bonds. The molecule has 15 heavy (non-hydrogen) atoms. The molecule has 0 radical (unpaired) electrons. The van der Waals surface area contributed by atoms with Crippen molar-refractivity contribution in [1.29, 1.82) is 5.26 Å². The molecule has 1 heterocycles. The monoisotopic (exact) mass is 224 g/mol. The van der Waals surface area contributed by atoms with Gasteiger partial charge in [0.1, 0.15) is 5.82 Å². The molecule has 4 nitrogen and oxygen atoms in total. The van der Waals surface area contributed by atoms with Gasteiger partial charge in [0.25, 0.3) is 0 Å². The van der Waals surface area contributed by atoms with Crippen molar-refractivity contribution in [3.63, 3.8) is 0 Å². The number of nitrogens with zero attached hydrogens (tertiary/aromatic N) is 3. The molecular weight excluding hydrogens is 212 g/mol. The molecule has 0 aromatic carbocycles. The summed E-state index contributed by atoms with van der Waals surface area (Å²) < 4.78 is 0. The van der Waals surface area contributed by atoms with E-state index < -0.39 is 0 Å². The number of anilines is 1. The van der Waals surface area contributed by atoms with E-state index >= 15 is 0 Å². The van der Waals surface area contributed by atoms with Gasteiger partial charge in [-0.05, 0) is 19.2 Å². The summed E-state index contributed by atoms with van der Waals surface area (Å²) in [6.07, 6.45) is 0.496. The predicted octanol–water partition coefficient (Wildman–Crippen LogP) is 1.66. The Labute approximate surface area is 94.3 Å². The SMILES string of the molecule is CN(CCC#N)Cc1nc(N)ccc1Cl. The average Bonchev–Trinajstić information content (AvgIpc) is 2.20. The lowest BCUT2D eigenvalue weighted by molar-refractivity contribution is 0.331. The first kappa shape index (κ1) is 11.8. The third-order valence-corrected chi connectivity index (χ3v) is 2.31. The minimum atomic E-state index is 0.461. The fourth-order valence-corrected chi connectivity index (χ4v) is 1.35. The van der Waals surface area contributed by atoms with Crippen molar-refractivity contribution in [3.05, 3.63) is 22.8 Å². The number of rotatable bonds is 4. The molecule has 5 heteroatoms. The van der Waals surface area contributed by atoms with Gasteiger partial charge in [-0.25, -0.2) is 4.98 Å². The molecule has 80 valence electrons. The van der Waals surface area contributed by atoms with Crippen LogP contribution in [-0.4, -0.2) is 23.5 Å². The molecule has 0 aliphatic carbocycles. The second-order valence-corrected chi connectivity index (χ2v) is 3.72. The molecule has 0 bridgehead atoms. The zero-order valence-electron chi connectivity index (χ0n) is 8.57. The second-order valence-electron chi connectivity index (χ2n) is 3.31. The Bertz CT molecular complexity index is 372. The Morgan fingerprint density at radius 2 is 2.33 bits per heavy atom. The first-order valence-electron chi connectivity index (χ1n) is 4.60. The molecule has 1 aromatic heterocycles. The van der Waals surface area contributed by atoms with E-state index in [9.17, 15) is 0 Å². The third kappa shape index (κ3) is 3.74. The zero-order chi connectivity index (χ0) is 11.3. The van der Waals surface area contributed by atoms with E-state index in [1.807, 2.05) is 11.9 Å². The van der Waals surface area contributed by atoms with Gasteiger partial charge >= 0.3 is 0 Å². The molecule has 0 spiro atoms. The maximum Gasteiger partial charge on any atom is 0.123 e. The molecule has 0 aliphatic heterocycles. The van der Waals surface area contributed by atoms with Crippen molar-refractivity contribution in [2.75, 3.05) is 19.3 Å². The Morgan fingerprint density at radius 1 is 1.60 bits per heavy atom. The average molecular weight is 225 g/mol. The number of hydrogen-bond acceptors (Lipinski definition) is 4. The first-order valence-corrected chi connectivity index (χ1v) is 4.97. The molecule has 0 unspecified atom stereocenters. The maximum atomic E-state index is 8.44. The molecule has 0 atom stereocenters. The fraction of sp³-hybridized carbons (Fsp3) is 0.400. The van der Waals surface area contributed by atoms with Crippen molar-refractivity contribution >= 4 is 17.4 Å². The van der Waals surface area contributed by atoms with E-state index in [1.165, 1.54) is 0 Å². The van der Waals surface area contributed by atoms with Crippen molar-refractivity contribution < 1.29 is 0 Å². The highest BCUT2D eigenvalue weighted by atomic mass is 35.5. The third-order valence-electron chi connectivity index (χ3n) is 1.97. The van der Waals surface area contributed by atoms with Gasteiger partial charge < -0.3 is 5.73 Å². The van der Waals surface area contributed by atoms with Crippen LogP contribution in [0.4, 0.5) is 5.82 Å². The lowest BCUT2D eigenvalue weighted by Gasteiger charge is -2.15. The molecule has 0 saturated carbocycles. The number of nitrogen functional groups attached to an aromatic ring is 1. The summed E-state index contributed by atoms with van der Waals surface area (Å²) >= 11 is 5.96. The number of aromatic nitrogens is 1. The largest absolute Gasteiger partial charge is 0.384 e. The molecule has 2 N–H and O–H groups in total. The van der Waals surface area contributed by atoms with Crippen molar-refractivity contribution in [2.45, 2.75) is 13.0 Å². The molecule has 1 aromatic rings. The first-order chi connectivity index (χ1) is 7.13. The highest BCUT2D eigenvalue weighted by Crippen LogP contribution is 2.16. The van der Waals surface area contributed by atoms with Gasteiger partial charge in [-0.1, -0.05) is 11.6 Å².